The molecule has 1 amide bonds. The molecule has 0 aliphatic heterocycles. The number of sulfonamides is 1. The fourth-order valence-corrected chi connectivity index (χ4v) is 3.48. The summed E-state index contributed by atoms with van der Waals surface area (Å²) in [7, 11) is -3.88. The first kappa shape index (κ1) is 21.7. The standard InChI is InChI=1S/C18H17FN4O5S2/c1-11(17(24)21-13-3-2-4-15(9-13)30(20,25)26)29-18-23-22-16(28-18)10-27-14-7-5-12(19)6-8-14/h2-9,11H,10H2,1H3,(H,21,24)(H2,20,25,26)/t11-/m1/s1. The van der Waals surface area contributed by atoms with E-state index in [1.165, 1.54) is 42.5 Å². The summed E-state index contributed by atoms with van der Waals surface area (Å²) >= 11 is 1.02. The second-order valence-electron chi connectivity index (χ2n) is 6.03. The normalized spacial score (nSPS) is 12.4. The summed E-state index contributed by atoms with van der Waals surface area (Å²) in [6, 6.07) is 11.1. The van der Waals surface area contributed by atoms with Gasteiger partial charge in [0.2, 0.25) is 15.9 Å². The van der Waals surface area contributed by atoms with Crippen molar-refractivity contribution in [3.63, 3.8) is 0 Å². The largest absolute Gasteiger partial charge is 0.484 e. The van der Waals surface area contributed by atoms with Gasteiger partial charge in [-0.3, -0.25) is 4.79 Å². The molecule has 0 aliphatic carbocycles. The number of amides is 1. The van der Waals surface area contributed by atoms with E-state index in [1.54, 1.807) is 13.0 Å². The van der Waals surface area contributed by atoms with Crippen LogP contribution in [0.4, 0.5) is 10.1 Å². The van der Waals surface area contributed by atoms with Crippen molar-refractivity contribution in [3.8, 4) is 5.75 Å². The van der Waals surface area contributed by atoms with Crippen LogP contribution in [-0.2, 0) is 21.4 Å². The van der Waals surface area contributed by atoms with Crippen LogP contribution in [-0.4, -0.2) is 29.8 Å². The maximum Gasteiger partial charge on any atom is 0.277 e. The lowest BCUT2D eigenvalue weighted by Crippen LogP contribution is -2.22. The van der Waals surface area contributed by atoms with E-state index in [-0.39, 0.29) is 34.1 Å². The highest BCUT2D eigenvalue weighted by molar-refractivity contribution is 8.00. The lowest BCUT2D eigenvalue weighted by Gasteiger charge is -2.10. The van der Waals surface area contributed by atoms with Crippen LogP contribution >= 0.6 is 11.8 Å². The average Bonchev–Trinajstić information content (AvgIpc) is 3.14. The van der Waals surface area contributed by atoms with E-state index in [4.69, 9.17) is 14.3 Å². The molecule has 30 heavy (non-hydrogen) atoms. The van der Waals surface area contributed by atoms with Crippen LogP contribution in [0.15, 0.2) is 63.1 Å². The van der Waals surface area contributed by atoms with Gasteiger partial charge in [-0.25, -0.2) is 17.9 Å². The molecule has 9 nitrogen and oxygen atoms in total. The molecule has 3 aromatic rings. The third-order valence-electron chi connectivity index (χ3n) is 3.70. The summed E-state index contributed by atoms with van der Waals surface area (Å²) in [6.07, 6.45) is 0. The Morgan fingerprint density at radius 3 is 2.70 bits per heavy atom. The van der Waals surface area contributed by atoms with Gasteiger partial charge in [-0.05, 0) is 49.4 Å². The SMILES string of the molecule is C[C@@H](Sc1nnc(COc2ccc(F)cc2)o1)C(=O)Nc1cccc(S(N)(=O)=O)c1. The minimum Gasteiger partial charge on any atom is -0.484 e. The number of ether oxygens (including phenoxy) is 1. The number of rotatable bonds is 8. The number of nitrogens with one attached hydrogen (secondary N) is 1. The van der Waals surface area contributed by atoms with Crippen molar-refractivity contribution >= 4 is 33.4 Å². The minimum absolute atomic E-state index is 0.0138. The third-order valence-corrected chi connectivity index (χ3v) is 5.55. The summed E-state index contributed by atoms with van der Waals surface area (Å²) < 4.78 is 46.6. The van der Waals surface area contributed by atoms with Gasteiger partial charge in [0.1, 0.15) is 11.6 Å². The lowest BCUT2D eigenvalue weighted by molar-refractivity contribution is -0.115. The molecule has 0 spiro atoms. The number of hydrogen-bond acceptors (Lipinski definition) is 8. The molecule has 1 atom stereocenters. The van der Waals surface area contributed by atoms with E-state index in [1.807, 2.05) is 0 Å². The molecular formula is C18H17FN4O5S2. The van der Waals surface area contributed by atoms with Crippen LogP contribution in [0.2, 0.25) is 0 Å². The number of carbonyl (C=O) groups is 1. The van der Waals surface area contributed by atoms with Crippen molar-refractivity contribution in [2.24, 2.45) is 5.14 Å². The topological polar surface area (TPSA) is 137 Å². The highest BCUT2D eigenvalue weighted by Gasteiger charge is 2.19. The van der Waals surface area contributed by atoms with E-state index >= 15 is 0 Å². The monoisotopic (exact) mass is 452 g/mol. The molecule has 1 heterocycles. The number of aromatic nitrogens is 2. The molecule has 0 saturated heterocycles. The fourth-order valence-electron chi connectivity index (χ4n) is 2.22. The molecule has 158 valence electrons. The quantitative estimate of drug-likeness (QED) is 0.498. The molecule has 0 aliphatic rings. The van der Waals surface area contributed by atoms with E-state index in [0.29, 0.717) is 5.75 Å². The number of thioether (sulfide) groups is 1. The summed E-state index contributed by atoms with van der Waals surface area (Å²) in [5.74, 6) is -0.134. The number of halogens is 1. The second-order valence-corrected chi connectivity index (χ2v) is 8.88. The molecular weight excluding hydrogens is 435 g/mol. The summed E-state index contributed by atoms with van der Waals surface area (Å²) in [5, 5.41) is 14.9. The number of hydrogen-bond donors (Lipinski definition) is 2. The average molecular weight is 452 g/mol. The number of benzene rings is 2. The molecule has 3 N–H and O–H groups in total. The van der Waals surface area contributed by atoms with Gasteiger partial charge >= 0.3 is 0 Å². The number of nitrogens with zero attached hydrogens (tertiary/aromatic N) is 2. The third kappa shape index (κ3) is 6.02. The van der Waals surface area contributed by atoms with E-state index in [0.717, 1.165) is 11.8 Å². The van der Waals surface area contributed by atoms with Crippen LogP contribution in [0.5, 0.6) is 5.75 Å². The van der Waals surface area contributed by atoms with Crippen LogP contribution in [0.1, 0.15) is 12.8 Å². The molecule has 0 bridgehead atoms. The van der Waals surface area contributed by atoms with Gasteiger partial charge in [-0.15, -0.1) is 10.2 Å². The first-order valence-electron chi connectivity index (χ1n) is 8.52. The van der Waals surface area contributed by atoms with E-state index < -0.39 is 21.2 Å². The van der Waals surface area contributed by atoms with Crippen LogP contribution < -0.4 is 15.2 Å². The Morgan fingerprint density at radius 1 is 1.27 bits per heavy atom. The fraction of sp³-hybridized carbons (Fsp3) is 0.167. The molecule has 0 fully saturated rings. The van der Waals surface area contributed by atoms with Crippen LogP contribution in [0.3, 0.4) is 0 Å². The Morgan fingerprint density at radius 2 is 2.00 bits per heavy atom. The Kier molecular flexibility index (Phi) is 6.70. The Balaban J connectivity index is 1.55. The number of primary sulfonamides is 1. The minimum atomic E-state index is -3.88. The lowest BCUT2D eigenvalue weighted by atomic mass is 10.3. The number of anilines is 1. The molecule has 2 aromatic carbocycles. The van der Waals surface area contributed by atoms with Gasteiger partial charge in [0.15, 0.2) is 6.61 Å². The van der Waals surface area contributed by atoms with Crippen molar-refractivity contribution in [1.82, 2.24) is 10.2 Å². The zero-order valence-corrected chi connectivity index (χ0v) is 17.2. The predicted octanol–water partition coefficient (Wildman–Crippen LogP) is 2.55. The Labute approximate surface area is 175 Å². The Bertz CT molecular complexity index is 1140. The molecule has 0 unspecified atom stereocenters. The van der Waals surface area contributed by atoms with Crippen molar-refractivity contribution in [1.29, 1.82) is 0 Å². The van der Waals surface area contributed by atoms with Crippen LogP contribution in [0.25, 0.3) is 0 Å². The van der Waals surface area contributed by atoms with Gasteiger partial charge in [-0.1, -0.05) is 17.8 Å². The first-order valence-corrected chi connectivity index (χ1v) is 10.9. The van der Waals surface area contributed by atoms with Gasteiger partial charge in [0.05, 0.1) is 10.1 Å². The Hall–Kier alpha value is -2.96. The van der Waals surface area contributed by atoms with Crippen LogP contribution in [0, 0.1) is 5.82 Å². The van der Waals surface area contributed by atoms with E-state index in [9.17, 15) is 17.6 Å². The van der Waals surface area contributed by atoms with E-state index in [2.05, 4.69) is 15.5 Å². The molecule has 3 rings (SSSR count). The smallest absolute Gasteiger partial charge is 0.277 e. The number of carbonyl (C=O) groups excluding carboxylic acids is 1. The molecule has 0 saturated carbocycles. The molecule has 12 heteroatoms. The van der Waals surface area contributed by atoms with Crippen molar-refractivity contribution in [2.45, 2.75) is 28.9 Å². The van der Waals surface area contributed by atoms with Crippen molar-refractivity contribution < 1.29 is 26.8 Å². The van der Waals surface area contributed by atoms with Crippen molar-refractivity contribution in [3.05, 3.63) is 60.2 Å². The van der Waals surface area contributed by atoms with Crippen molar-refractivity contribution in [2.75, 3.05) is 5.32 Å². The van der Waals surface area contributed by atoms with Gasteiger partial charge < -0.3 is 14.5 Å². The maximum absolute atomic E-state index is 12.9. The summed E-state index contributed by atoms with van der Waals surface area (Å²) in [5.41, 5.74) is 0.290. The maximum atomic E-state index is 12.9. The molecule has 0 radical (unpaired) electrons. The van der Waals surface area contributed by atoms with Gasteiger partial charge in [-0.2, -0.15) is 0 Å². The molecule has 1 aromatic heterocycles. The first-order chi connectivity index (χ1) is 14.2. The zero-order chi connectivity index (χ0) is 21.7. The second kappa shape index (κ2) is 9.24. The van der Waals surface area contributed by atoms with Gasteiger partial charge in [0, 0.05) is 5.69 Å². The van der Waals surface area contributed by atoms with Gasteiger partial charge in [0.25, 0.3) is 11.1 Å². The predicted molar refractivity (Wildman–Crippen MR) is 107 cm³/mol. The highest BCUT2D eigenvalue weighted by atomic mass is 32.2. The number of nitrogens with two attached hydrogens (primary N) is 1. The zero-order valence-electron chi connectivity index (χ0n) is 15.6. The summed E-state index contributed by atoms with van der Waals surface area (Å²) in [4.78, 5) is 12.3. The summed E-state index contributed by atoms with van der Waals surface area (Å²) in [6.45, 7) is 1.61. The highest BCUT2D eigenvalue weighted by Crippen LogP contribution is 2.24.